The molecule has 0 saturated heterocycles. The summed E-state index contributed by atoms with van der Waals surface area (Å²) in [4.78, 5) is 6.01. The van der Waals surface area contributed by atoms with Gasteiger partial charge in [0.05, 0.1) is 12.3 Å². The summed E-state index contributed by atoms with van der Waals surface area (Å²) < 4.78 is 6.39. The maximum Gasteiger partial charge on any atom is 0.124 e. The van der Waals surface area contributed by atoms with E-state index < -0.39 is 0 Å². The molecule has 3 nitrogen and oxygen atoms in total. The largest absolute Gasteiger partial charge is 0.378 e. The number of hydrogen-bond acceptors (Lipinski definition) is 4. The Hall–Kier alpha value is -0.750. The zero-order valence-electron chi connectivity index (χ0n) is 12.7. The number of halogens is 1. The first-order valence-electron chi connectivity index (χ1n) is 7.10. The molecule has 21 heavy (non-hydrogen) atoms. The zero-order valence-corrected chi connectivity index (χ0v) is 15.1. The first-order valence-corrected chi connectivity index (χ1v) is 8.71. The third kappa shape index (κ3) is 4.36. The number of nitrogens with one attached hydrogen (secondary N) is 1. The minimum Gasteiger partial charge on any atom is -0.378 e. The van der Waals surface area contributed by atoms with Gasteiger partial charge in [0.25, 0.3) is 0 Å². The standard InChI is InChI=1S/C16H21BrN2OS/c1-4-7-18-9-15-14(10-20-3)19-16(21-15)12-6-5-11(2)13(17)8-12/h5-6,8,18H,4,7,9-10H2,1-3H3. The number of nitrogens with zero attached hydrogens (tertiary/aromatic N) is 1. The van der Waals surface area contributed by atoms with Gasteiger partial charge in [-0.15, -0.1) is 11.3 Å². The number of thiazole rings is 1. The van der Waals surface area contributed by atoms with Gasteiger partial charge in [0.15, 0.2) is 0 Å². The number of aryl methyl sites for hydroxylation is 1. The summed E-state index contributed by atoms with van der Waals surface area (Å²) >= 11 is 5.33. The lowest BCUT2D eigenvalue weighted by atomic mass is 10.2. The molecule has 1 aromatic heterocycles. The smallest absolute Gasteiger partial charge is 0.124 e. The molecule has 0 amide bonds. The van der Waals surface area contributed by atoms with Crippen molar-refractivity contribution in [2.24, 2.45) is 0 Å². The SMILES string of the molecule is CCCNCc1sc(-c2ccc(C)c(Br)c2)nc1COC. The van der Waals surface area contributed by atoms with E-state index in [0.29, 0.717) is 6.61 Å². The number of aromatic nitrogens is 1. The Morgan fingerprint density at radius 1 is 1.38 bits per heavy atom. The predicted octanol–water partition coefficient (Wildman–Crippen LogP) is 4.53. The third-order valence-corrected chi connectivity index (χ3v) is 5.19. The lowest BCUT2D eigenvalue weighted by molar-refractivity contribution is 0.181. The summed E-state index contributed by atoms with van der Waals surface area (Å²) in [6.45, 7) is 6.71. The average molecular weight is 369 g/mol. The van der Waals surface area contributed by atoms with Crippen molar-refractivity contribution in [2.45, 2.75) is 33.4 Å². The van der Waals surface area contributed by atoms with E-state index in [0.717, 1.165) is 40.2 Å². The van der Waals surface area contributed by atoms with Gasteiger partial charge in [-0.25, -0.2) is 4.98 Å². The molecule has 1 N–H and O–H groups in total. The van der Waals surface area contributed by atoms with Gasteiger partial charge in [-0.1, -0.05) is 35.0 Å². The Morgan fingerprint density at radius 2 is 2.19 bits per heavy atom. The number of rotatable bonds is 7. The summed E-state index contributed by atoms with van der Waals surface area (Å²) in [6.07, 6.45) is 1.14. The van der Waals surface area contributed by atoms with Crippen LogP contribution in [0.2, 0.25) is 0 Å². The minimum absolute atomic E-state index is 0.562. The highest BCUT2D eigenvalue weighted by Gasteiger charge is 2.13. The fraction of sp³-hybridized carbons (Fsp3) is 0.438. The van der Waals surface area contributed by atoms with Crippen LogP contribution in [0.25, 0.3) is 10.6 Å². The second-order valence-corrected chi connectivity index (χ2v) is 6.90. The fourth-order valence-corrected chi connectivity index (χ4v) is 3.41. The van der Waals surface area contributed by atoms with Crippen molar-refractivity contribution < 1.29 is 4.74 Å². The van der Waals surface area contributed by atoms with Gasteiger partial charge in [0.2, 0.25) is 0 Å². The van der Waals surface area contributed by atoms with Crippen LogP contribution in [0.5, 0.6) is 0 Å². The Bertz CT molecular complexity index is 598. The molecular weight excluding hydrogens is 348 g/mol. The topological polar surface area (TPSA) is 34.2 Å². The van der Waals surface area contributed by atoms with Gasteiger partial charge in [0, 0.05) is 28.6 Å². The van der Waals surface area contributed by atoms with E-state index in [1.54, 1.807) is 18.4 Å². The monoisotopic (exact) mass is 368 g/mol. The molecule has 114 valence electrons. The fourth-order valence-electron chi connectivity index (χ4n) is 2.00. The Labute approximate surface area is 138 Å². The lowest BCUT2D eigenvalue weighted by Gasteiger charge is -2.02. The van der Waals surface area contributed by atoms with Gasteiger partial charge >= 0.3 is 0 Å². The van der Waals surface area contributed by atoms with E-state index in [9.17, 15) is 0 Å². The first-order chi connectivity index (χ1) is 10.2. The quantitative estimate of drug-likeness (QED) is 0.729. The maximum absolute atomic E-state index is 5.27. The van der Waals surface area contributed by atoms with Gasteiger partial charge in [-0.3, -0.25) is 0 Å². The van der Waals surface area contributed by atoms with Gasteiger partial charge in [-0.2, -0.15) is 0 Å². The van der Waals surface area contributed by atoms with Crippen LogP contribution in [0, 0.1) is 6.92 Å². The molecule has 2 aromatic rings. The molecule has 0 aliphatic carbocycles. The van der Waals surface area contributed by atoms with Gasteiger partial charge in [-0.05, 0) is 31.5 Å². The molecule has 0 saturated carbocycles. The summed E-state index contributed by atoms with van der Waals surface area (Å²) in [5.41, 5.74) is 3.42. The molecule has 1 heterocycles. The van der Waals surface area contributed by atoms with E-state index >= 15 is 0 Å². The average Bonchev–Trinajstić information content (AvgIpc) is 2.86. The molecule has 2 rings (SSSR count). The van der Waals surface area contributed by atoms with Crippen LogP contribution in [0.3, 0.4) is 0 Å². The summed E-state index contributed by atoms with van der Waals surface area (Å²) in [5.74, 6) is 0. The molecule has 1 aromatic carbocycles. The van der Waals surface area contributed by atoms with Crippen molar-refractivity contribution in [3.05, 3.63) is 38.8 Å². The van der Waals surface area contributed by atoms with E-state index in [2.05, 4.69) is 53.3 Å². The summed E-state index contributed by atoms with van der Waals surface area (Å²) in [7, 11) is 1.71. The number of ether oxygens (including phenoxy) is 1. The summed E-state index contributed by atoms with van der Waals surface area (Å²) in [6, 6.07) is 6.37. The van der Waals surface area contributed by atoms with E-state index in [1.165, 1.54) is 10.4 Å². The third-order valence-electron chi connectivity index (χ3n) is 3.19. The maximum atomic E-state index is 5.27. The van der Waals surface area contributed by atoms with Crippen LogP contribution in [0.1, 0.15) is 29.5 Å². The molecule has 0 fully saturated rings. The van der Waals surface area contributed by atoms with Crippen LogP contribution >= 0.6 is 27.3 Å². The molecule has 0 radical (unpaired) electrons. The highest BCUT2D eigenvalue weighted by Crippen LogP contribution is 2.31. The molecule has 5 heteroatoms. The van der Waals surface area contributed by atoms with Crippen LogP contribution in [0.4, 0.5) is 0 Å². The molecule has 0 aliphatic rings. The normalized spacial score (nSPS) is 11.0. The van der Waals surface area contributed by atoms with Crippen LogP contribution in [-0.4, -0.2) is 18.6 Å². The van der Waals surface area contributed by atoms with Crippen LogP contribution in [-0.2, 0) is 17.9 Å². The molecule has 0 spiro atoms. The molecule has 0 atom stereocenters. The van der Waals surface area contributed by atoms with E-state index in [1.807, 2.05) is 0 Å². The molecular formula is C16H21BrN2OS. The van der Waals surface area contributed by atoms with E-state index in [-0.39, 0.29) is 0 Å². The van der Waals surface area contributed by atoms with Crippen molar-refractivity contribution in [1.29, 1.82) is 0 Å². The first kappa shape index (κ1) is 16.6. The second-order valence-electron chi connectivity index (χ2n) is 4.96. The van der Waals surface area contributed by atoms with Crippen molar-refractivity contribution in [1.82, 2.24) is 10.3 Å². The van der Waals surface area contributed by atoms with Crippen molar-refractivity contribution >= 4 is 27.3 Å². The number of methoxy groups -OCH3 is 1. The predicted molar refractivity (Wildman–Crippen MR) is 92.7 cm³/mol. The van der Waals surface area contributed by atoms with Crippen LogP contribution in [0.15, 0.2) is 22.7 Å². The molecule has 0 bridgehead atoms. The summed E-state index contributed by atoms with van der Waals surface area (Å²) in [5, 5.41) is 4.49. The Balaban J connectivity index is 2.26. The molecule has 0 aliphatic heterocycles. The minimum atomic E-state index is 0.562. The van der Waals surface area contributed by atoms with Crippen molar-refractivity contribution in [3.63, 3.8) is 0 Å². The number of hydrogen-bond donors (Lipinski definition) is 1. The highest BCUT2D eigenvalue weighted by atomic mass is 79.9. The Kier molecular flexibility index (Phi) is 6.36. The molecule has 0 unspecified atom stereocenters. The zero-order chi connectivity index (χ0) is 15.2. The van der Waals surface area contributed by atoms with Crippen molar-refractivity contribution in [2.75, 3.05) is 13.7 Å². The Morgan fingerprint density at radius 3 is 2.86 bits per heavy atom. The van der Waals surface area contributed by atoms with E-state index in [4.69, 9.17) is 9.72 Å². The lowest BCUT2D eigenvalue weighted by Crippen LogP contribution is -2.14. The van der Waals surface area contributed by atoms with Crippen LogP contribution < -0.4 is 5.32 Å². The second kappa shape index (κ2) is 8.03. The van der Waals surface area contributed by atoms with Crippen molar-refractivity contribution in [3.8, 4) is 10.6 Å². The van der Waals surface area contributed by atoms with Gasteiger partial charge in [0.1, 0.15) is 5.01 Å². The highest BCUT2D eigenvalue weighted by molar-refractivity contribution is 9.10. The number of benzene rings is 1. The van der Waals surface area contributed by atoms with Gasteiger partial charge < -0.3 is 10.1 Å².